The van der Waals surface area contributed by atoms with Crippen molar-refractivity contribution in [3.63, 3.8) is 0 Å². The van der Waals surface area contributed by atoms with Crippen molar-refractivity contribution in [3.8, 4) is 0 Å². The molecule has 0 unspecified atom stereocenters. The molecule has 0 aromatic carbocycles. The predicted molar refractivity (Wildman–Crippen MR) is 90.9 cm³/mol. The summed E-state index contributed by atoms with van der Waals surface area (Å²) in [5.41, 5.74) is 2.04. The lowest BCUT2D eigenvalue weighted by Gasteiger charge is -2.03. The van der Waals surface area contributed by atoms with Gasteiger partial charge >= 0.3 is 11.9 Å². The van der Waals surface area contributed by atoms with Gasteiger partial charge in [0.1, 0.15) is 10.3 Å². The average molecular weight is 371 g/mol. The van der Waals surface area contributed by atoms with Gasteiger partial charge in [-0.1, -0.05) is 23.2 Å². The van der Waals surface area contributed by atoms with Crippen LogP contribution in [0.2, 0.25) is 10.3 Å². The highest BCUT2D eigenvalue weighted by atomic mass is 35.5. The zero-order valence-electron chi connectivity index (χ0n) is 13.3. The van der Waals surface area contributed by atoms with Crippen molar-refractivity contribution in [1.82, 2.24) is 9.97 Å². The third-order valence-electron chi connectivity index (χ3n) is 2.68. The topological polar surface area (TPSA) is 89.4 Å². The Balaban J connectivity index is 0.000000243. The van der Waals surface area contributed by atoms with Crippen LogP contribution in [0.4, 0.5) is 0 Å². The van der Waals surface area contributed by atoms with Crippen LogP contribution in [0.15, 0.2) is 24.5 Å². The van der Waals surface area contributed by atoms with Crippen molar-refractivity contribution < 1.29 is 19.4 Å². The minimum absolute atomic E-state index is 0.0306. The maximum absolute atomic E-state index is 11.3. The Labute approximate surface area is 149 Å². The molecule has 2 heterocycles. The molecule has 0 radical (unpaired) electrons. The molecule has 1 N–H and O–H groups in total. The first-order chi connectivity index (χ1) is 11.3. The molecular weight excluding hydrogens is 355 g/mol. The molecule has 0 spiro atoms. The number of ether oxygens (including phenoxy) is 1. The highest BCUT2D eigenvalue weighted by Gasteiger charge is 2.12. The number of pyridine rings is 2. The van der Waals surface area contributed by atoms with Gasteiger partial charge in [0.15, 0.2) is 0 Å². The Bertz CT molecular complexity index is 751. The van der Waals surface area contributed by atoms with Crippen molar-refractivity contribution >= 4 is 35.1 Å². The fourth-order valence-corrected chi connectivity index (χ4v) is 1.97. The minimum atomic E-state index is -1.05. The van der Waals surface area contributed by atoms with E-state index >= 15 is 0 Å². The van der Waals surface area contributed by atoms with Gasteiger partial charge in [-0.05, 0) is 44.0 Å². The number of esters is 1. The second kappa shape index (κ2) is 9.20. The van der Waals surface area contributed by atoms with Crippen LogP contribution >= 0.6 is 23.2 Å². The molecule has 128 valence electrons. The molecule has 0 aliphatic carbocycles. The summed E-state index contributed by atoms with van der Waals surface area (Å²) < 4.78 is 4.80. The number of carboxylic acid groups (broad SMARTS) is 1. The van der Waals surface area contributed by atoms with Gasteiger partial charge in [0.05, 0.1) is 17.7 Å². The quantitative estimate of drug-likeness (QED) is 0.649. The average Bonchev–Trinajstić information content (AvgIpc) is 2.52. The van der Waals surface area contributed by atoms with Gasteiger partial charge in [-0.15, -0.1) is 0 Å². The molecule has 0 aliphatic heterocycles. The number of halogens is 2. The van der Waals surface area contributed by atoms with Crippen molar-refractivity contribution in [1.29, 1.82) is 0 Å². The molecule has 24 heavy (non-hydrogen) atoms. The normalized spacial score (nSPS) is 9.71. The second-order valence-electron chi connectivity index (χ2n) is 4.73. The fourth-order valence-electron chi connectivity index (χ4n) is 1.61. The summed E-state index contributed by atoms with van der Waals surface area (Å²) in [6.45, 7) is 5.68. The molecule has 0 bridgehead atoms. The summed E-state index contributed by atoms with van der Waals surface area (Å²) >= 11 is 11.2. The first kappa shape index (κ1) is 19.9. The first-order valence-corrected chi connectivity index (χ1v) is 7.66. The highest BCUT2D eigenvalue weighted by Crippen LogP contribution is 2.15. The number of carbonyl (C=O) groups is 2. The van der Waals surface area contributed by atoms with Crippen LogP contribution in [0, 0.1) is 13.8 Å². The number of nitrogens with zero attached hydrogens (tertiary/aromatic N) is 2. The maximum atomic E-state index is 11.3. The van der Waals surface area contributed by atoms with E-state index in [9.17, 15) is 9.59 Å². The van der Waals surface area contributed by atoms with Crippen LogP contribution in [0.1, 0.15) is 38.8 Å². The summed E-state index contributed by atoms with van der Waals surface area (Å²) in [7, 11) is 0. The van der Waals surface area contributed by atoms with Crippen LogP contribution in [0.3, 0.4) is 0 Å². The lowest BCUT2D eigenvalue weighted by atomic mass is 10.2. The van der Waals surface area contributed by atoms with E-state index in [1.54, 1.807) is 26.1 Å². The smallest absolute Gasteiger partial charge is 0.341 e. The third-order valence-corrected chi connectivity index (χ3v) is 3.28. The molecule has 0 saturated carbocycles. The minimum Gasteiger partial charge on any atom is -0.478 e. The number of hydrogen-bond donors (Lipinski definition) is 1. The summed E-state index contributed by atoms with van der Waals surface area (Å²) in [6, 6.07) is 3.14. The Kier molecular flexibility index (Phi) is 7.61. The summed E-state index contributed by atoms with van der Waals surface area (Å²) in [4.78, 5) is 29.3. The molecule has 2 aromatic rings. The molecule has 6 nitrogen and oxygen atoms in total. The van der Waals surface area contributed by atoms with Gasteiger partial charge in [0.25, 0.3) is 0 Å². The van der Waals surface area contributed by atoms with Crippen molar-refractivity contribution in [2.45, 2.75) is 20.8 Å². The number of aromatic nitrogens is 2. The van der Waals surface area contributed by atoms with E-state index < -0.39 is 11.9 Å². The molecule has 0 atom stereocenters. The number of aryl methyl sites for hydroxylation is 2. The van der Waals surface area contributed by atoms with Gasteiger partial charge in [0.2, 0.25) is 0 Å². The van der Waals surface area contributed by atoms with Crippen molar-refractivity contribution in [3.05, 3.63) is 57.1 Å². The van der Waals surface area contributed by atoms with Gasteiger partial charge in [0, 0.05) is 12.4 Å². The number of rotatable bonds is 3. The predicted octanol–water partition coefficient (Wildman–Crippen LogP) is 3.96. The Morgan fingerprint density at radius 3 is 1.92 bits per heavy atom. The van der Waals surface area contributed by atoms with Crippen LogP contribution in [-0.2, 0) is 4.74 Å². The van der Waals surface area contributed by atoms with Crippen LogP contribution in [0.5, 0.6) is 0 Å². The number of carbonyl (C=O) groups excluding carboxylic acids is 1. The molecule has 0 amide bonds. The molecule has 8 heteroatoms. The summed E-state index contributed by atoms with van der Waals surface area (Å²) in [5.74, 6) is -1.48. The second-order valence-corrected chi connectivity index (χ2v) is 5.44. The Hall–Kier alpha value is -2.18. The Morgan fingerprint density at radius 2 is 1.50 bits per heavy atom. The van der Waals surface area contributed by atoms with Gasteiger partial charge in [-0.2, -0.15) is 0 Å². The zero-order valence-corrected chi connectivity index (χ0v) is 14.9. The van der Waals surface area contributed by atoms with Crippen LogP contribution < -0.4 is 0 Å². The van der Waals surface area contributed by atoms with Gasteiger partial charge in [-0.3, -0.25) is 0 Å². The van der Waals surface area contributed by atoms with E-state index in [1.807, 2.05) is 6.92 Å². The largest absolute Gasteiger partial charge is 0.478 e. The van der Waals surface area contributed by atoms with E-state index in [0.717, 1.165) is 11.1 Å². The van der Waals surface area contributed by atoms with Crippen LogP contribution in [-0.4, -0.2) is 33.6 Å². The number of hydrogen-bond acceptors (Lipinski definition) is 5. The Morgan fingerprint density at radius 1 is 1.04 bits per heavy atom. The van der Waals surface area contributed by atoms with Gasteiger partial charge in [-0.25, -0.2) is 19.6 Å². The van der Waals surface area contributed by atoms with Crippen LogP contribution in [0.25, 0.3) is 0 Å². The molecule has 2 rings (SSSR count). The van der Waals surface area contributed by atoms with E-state index in [-0.39, 0.29) is 15.9 Å². The van der Waals surface area contributed by atoms with Gasteiger partial charge < -0.3 is 9.84 Å². The lowest BCUT2D eigenvalue weighted by molar-refractivity contribution is 0.0525. The molecule has 2 aromatic heterocycles. The number of aromatic carboxylic acids is 1. The van der Waals surface area contributed by atoms with E-state index in [4.69, 9.17) is 33.0 Å². The molecule has 0 fully saturated rings. The van der Waals surface area contributed by atoms with E-state index in [2.05, 4.69) is 9.97 Å². The standard InChI is InChI=1S/C9H10ClNO2.C7H6ClNO2/c1-3-13-9(12)7-4-6(2)5-11-8(7)10;1-4-2-5(7(10)11)6(8)9-3-4/h4-5H,3H2,1-2H3;2-3H,1H3,(H,10,11). The number of carboxylic acids is 1. The fraction of sp³-hybridized carbons (Fsp3) is 0.250. The lowest BCUT2D eigenvalue weighted by Crippen LogP contribution is -2.06. The molecular formula is C16H16Cl2N2O4. The van der Waals surface area contributed by atoms with E-state index in [1.165, 1.54) is 12.3 Å². The third kappa shape index (κ3) is 5.79. The molecule has 0 saturated heterocycles. The SMILES string of the molecule is CCOC(=O)c1cc(C)cnc1Cl.Cc1cnc(Cl)c(C(=O)O)c1. The summed E-state index contributed by atoms with van der Waals surface area (Å²) in [6.07, 6.45) is 3.12. The molecule has 0 aliphatic rings. The van der Waals surface area contributed by atoms with E-state index in [0.29, 0.717) is 12.2 Å². The maximum Gasteiger partial charge on any atom is 0.341 e. The summed E-state index contributed by atoms with van der Waals surface area (Å²) in [5, 5.41) is 8.78. The monoisotopic (exact) mass is 370 g/mol. The zero-order chi connectivity index (χ0) is 18.3. The van der Waals surface area contributed by atoms with Crippen molar-refractivity contribution in [2.75, 3.05) is 6.61 Å². The first-order valence-electron chi connectivity index (χ1n) is 6.91. The highest BCUT2D eigenvalue weighted by molar-refractivity contribution is 6.32. The van der Waals surface area contributed by atoms with Crippen molar-refractivity contribution in [2.24, 2.45) is 0 Å².